The molecular weight excluding hydrogens is 568 g/mol. The summed E-state index contributed by atoms with van der Waals surface area (Å²) in [7, 11) is 0. The Bertz CT molecular complexity index is 835. The molecule has 1 aromatic carbocycles. The average molecular weight is 643 g/mol. The number of hydrogen-bond acceptors (Lipinski definition) is 3. The first kappa shape index (κ1) is 42.2. The third-order valence-electron chi connectivity index (χ3n) is 9.66. The predicted octanol–water partition coefficient (Wildman–Crippen LogP) is 14.0. The van der Waals surface area contributed by atoms with E-state index in [0.29, 0.717) is 0 Å². The van der Waals surface area contributed by atoms with Crippen LogP contribution in [-0.2, 0) is 4.74 Å². The highest BCUT2D eigenvalue weighted by Crippen LogP contribution is 2.21. The molecule has 0 saturated carbocycles. The molecule has 0 amide bonds. The van der Waals surface area contributed by atoms with Crippen molar-refractivity contribution in [3.63, 3.8) is 0 Å². The van der Waals surface area contributed by atoms with Crippen LogP contribution in [0.3, 0.4) is 0 Å². The van der Waals surface area contributed by atoms with Crippen molar-refractivity contribution in [2.24, 2.45) is 0 Å². The molecule has 0 fully saturated rings. The van der Waals surface area contributed by atoms with Crippen molar-refractivity contribution in [3.8, 4) is 0 Å². The topological polar surface area (TPSA) is 63.6 Å². The van der Waals surface area contributed by atoms with Crippen molar-refractivity contribution in [2.75, 3.05) is 0 Å². The van der Waals surface area contributed by atoms with Crippen molar-refractivity contribution in [1.82, 2.24) is 0 Å². The van der Waals surface area contributed by atoms with E-state index >= 15 is 0 Å². The molecule has 1 N–H and O–H groups in total. The van der Waals surface area contributed by atoms with Crippen LogP contribution >= 0.6 is 0 Å². The summed E-state index contributed by atoms with van der Waals surface area (Å²) in [5, 5.41) is 9.54. The minimum absolute atomic E-state index is 0.0229. The van der Waals surface area contributed by atoms with Gasteiger partial charge in [0.05, 0.1) is 11.1 Å². The van der Waals surface area contributed by atoms with Crippen molar-refractivity contribution < 1.29 is 19.4 Å². The van der Waals surface area contributed by atoms with Crippen LogP contribution in [0.1, 0.15) is 234 Å². The minimum Gasteiger partial charge on any atom is -0.478 e. The van der Waals surface area contributed by atoms with Gasteiger partial charge in [-0.15, -0.1) is 0 Å². The van der Waals surface area contributed by atoms with Crippen LogP contribution in [0.2, 0.25) is 0 Å². The number of ether oxygens (including phenoxy) is 1. The number of hydrogen-bond donors (Lipinski definition) is 1. The number of carbonyl (C=O) groups is 2. The quantitative estimate of drug-likeness (QED) is 0.0600. The monoisotopic (exact) mass is 643 g/mol. The molecule has 266 valence electrons. The van der Waals surface area contributed by atoms with Crippen LogP contribution in [-0.4, -0.2) is 23.1 Å². The third-order valence-corrected chi connectivity index (χ3v) is 9.66. The Kier molecular flexibility index (Phi) is 29.1. The molecule has 1 rings (SSSR count). The van der Waals surface area contributed by atoms with E-state index in [1.54, 1.807) is 18.2 Å². The number of carbonyl (C=O) groups excluding carboxylic acids is 1. The van der Waals surface area contributed by atoms with E-state index in [0.717, 1.165) is 25.7 Å². The Morgan fingerprint density at radius 3 is 1.07 bits per heavy atom. The summed E-state index contributed by atoms with van der Waals surface area (Å²) >= 11 is 0. The van der Waals surface area contributed by atoms with Gasteiger partial charge in [0, 0.05) is 0 Å². The van der Waals surface area contributed by atoms with Crippen molar-refractivity contribution in [1.29, 1.82) is 0 Å². The Labute approximate surface area is 285 Å². The molecule has 1 aromatic rings. The van der Waals surface area contributed by atoms with Crippen LogP contribution in [0.5, 0.6) is 0 Å². The van der Waals surface area contributed by atoms with Gasteiger partial charge in [-0.3, -0.25) is 0 Å². The van der Waals surface area contributed by atoms with Crippen LogP contribution in [0.15, 0.2) is 24.3 Å². The van der Waals surface area contributed by atoms with Gasteiger partial charge in [0.2, 0.25) is 0 Å². The van der Waals surface area contributed by atoms with Crippen molar-refractivity contribution >= 4 is 11.9 Å². The third kappa shape index (κ3) is 24.3. The molecule has 0 radical (unpaired) electrons. The summed E-state index contributed by atoms with van der Waals surface area (Å²) in [6, 6.07) is 6.42. The standard InChI is InChI=1S/C42H74O4/c1-3-5-7-9-11-13-15-17-19-21-23-25-27-29-31-35-38(46-42(45)40-37-33-32-36-39(40)41(43)44)34-30-28-26-24-22-20-18-16-14-12-10-8-6-4-2/h32-33,36-38H,3-31,34-35H2,1-2H3,(H,43,44). The number of carboxylic acid groups (broad SMARTS) is 1. The van der Waals surface area contributed by atoms with Crippen LogP contribution in [0.4, 0.5) is 0 Å². The van der Waals surface area contributed by atoms with E-state index in [-0.39, 0.29) is 17.2 Å². The molecule has 0 aliphatic heterocycles. The highest BCUT2D eigenvalue weighted by molar-refractivity contribution is 6.02. The van der Waals surface area contributed by atoms with Gasteiger partial charge in [-0.2, -0.15) is 0 Å². The Morgan fingerprint density at radius 1 is 0.478 bits per heavy atom. The van der Waals surface area contributed by atoms with E-state index in [1.165, 1.54) is 179 Å². The molecule has 4 nitrogen and oxygen atoms in total. The highest BCUT2D eigenvalue weighted by Gasteiger charge is 2.21. The lowest BCUT2D eigenvalue weighted by molar-refractivity contribution is 0.0244. The van der Waals surface area contributed by atoms with Crippen LogP contribution in [0, 0.1) is 0 Å². The smallest absolute Gasteiger partial charge is 0.339 e. The predicted molar refractivity (Wildman–Crippen MR) is 197 cm³/mol. The van der Waals surface area contributed by atoms with Gasteiger partial charge < -0.3 is 9.84 Å². The molecule has 0 aromatic heterocycles. The maximum Gasteiger partial charge on any atom is 0.339 e. The Hall–Kier alpha value is -1.84. The second-order valence-electron chi connectivity index (χ2n) is 14.0. The van der Waals surface area contributed by atoms with Gasteiger partial charge in [0.25, 0.3) is 0 Å². The molecule has 0 spiro atoms. The zero-order valence-corrected chi connectivity index (χ0v) is 30.5. The lowest BCUT2D eigenvalue weighted by Crippen LogP contribution is -2.20. The Balaban J connectivity index is 2.25. The summed E-state index contributed by atoms with van der Waals surface area (Å²) in [5.74, 6) is -1.58. The van der Waals surface area contributed by atoms with E-state index in [9.17, 15) is 14.7 Å². The number of unbranched alkanes of at least 4 members (excludes halogenated alkanes) is 27. The van der Waals surface area contributed by atoms with Gasteiger partial charge in [0.15, 0.2) is 0 Å². The summed E-state index contributed by atoms with van der Waals surface area (Å²) in [6.07, 6.45) is 40.3. The van der Waals surface area contributed by atoms with E-state index in [1.807, 2.05) is 0 Å². The molecule has 1 atom stereocenters. The number of carboxylic acids is 1. The van der Waals surface area contributed by atoms with E-state index in [2.05, 4.69) is 13.8 Å². The summed E-state index contributed by atoms with van der Waals surface area (Å²) in [6.45, 7) is 4.56. The molecule has 0 saturated heterocycles. The van der Waals surface area contributed by atoms with Crippen molar-refractivity contribution in [2.45, 2.75) is 219 Å². The molecule has 4 heteroatoms. The fourth-order valence-corrected chi connectivity index (χ4v) is 6.63. The minimum atomic E-state index is -1.08. The summed E-state index contributed by atoms with van der Waals surface area (Å²) in [5.41, 5.74) is 0.187. The van der Waals surface area contributed by atoms with Gasteiger partial charge >= 0.3 is 11.9 Å². The van der Waals surface area contributed by atoms with Crippen LogP contribution in [0.25, 0.3) is 0 Å². The van der Waals surface area contributed by atoms with E-state index in [4.69, 9.17) is 4.74 Å². The molecular formula is C42H74O4. The van der Waals surface area contributed by atoms with E-state index < -0.39 is 11.9 Å². The molecule has 0 aliphatic rings. The molecule has 1 unspecified atom stereocenters. The number of rotatable bonds is 34. The van der Waals surface area contributed by atoms with Gasteiger partial charge in [-0.1, -0.05) is 199 Å². The number of aromatic carboxylic acids is 1. The van der Waals surface area contributed by atoms with Gasteiger partial charge in [0.1, 0.15) is 6.10 Å². The molecule has 0 aliphatic carbocycles. The first-order valence-corrected chi connectivity index (χ1v) is 20.1. The fourth-order valence-electron chi connectivity index (χ4n) is 6.63. The molecule has 0 heterocycles. The fraction of sp³-hybridized carbons (Fsp3) is 0.810. The average Bonchev–Trinajstić information content (AvgIpc) is 3.06. The SMILES string of the molecule is CCCCCCCCCCCCCCCCCC(CCCCCCCCCCCCCCCC)OC(=O)c1ccccc1C(=O)O. The second-order valence-corrected chi connectivity index (χ2v) is 14.0. The maximum atomic E-state index is 13.0. The highest BCUT2D eigenvalue weighted by atomic mass is 16.5. The molecule has 0 bridgehead atoms. The number of benzene rings is 1. The maximum absolute atomic E-state index is 13.0. The van der Waals surface area contributed by atoms with Crippen LogP contribution < -0.4 is 0 Å². The van der Waals surface area contributed by atoms with Gasteiger partial charge in [-0.05, 0) is 37.8 Å². The largest absolute Gasteiger partial charge is 0.478 e. The zero-order chi connectivity index (χ0) is 33.3. The molecule has 46 heavy (non-hydrogen) atoms. The lowest BCUT2D eigenvalue weighted by Gasteiger charge is -2.19. The number of esters is 1. The van der Waals surface area contributed by atoms with Crippen molar-refractivity contribution in [3.05, 3.63) is 35.4 Å². The summed E-state index contributed by atoms with van der Waals surface area (Å²) in [4.78, 5) is 24.7. The lowest BCUT2D eigenvalue weighted by atomic mass is 10.0. The zero-order valence-electron chi connectivity index (χ0n) is 30.5. The first-order valence-electron chi connectivity index (χ1n) is 20.1. The first-order chi connectivity index (χ1) is 22.6. The normalized spacial score (nSPS) is 12.0. The Morgan fingerprint density at radius 2 is 0.761 bits per heavy atom. The van der Waals surface area contributed by atoms with Gasteiger partial charge in [-0.25, -0.2) is 9.59 Å². The summed E-state index contributed by atoms with van der Waals surface area (Å²) < 4.78 is 5.96. The second kappa shape index (κ2) is 31.7.